The largest absolute Gasteiger partial charge is 0.471 e. The number of nitrogens with zero attached hydrogens (tertiary/aromatic N) is 5. The summed E-state index contributed by atoms with van der Waals surface area (Å²) in [7, 11) is -3.49. The first-order valence-electron chi connectivity index (χ1n) is 10.9. The van der Waals surface area contributed by atoms with Crippen LogP contribution in [0, 0.1) is 0 Å². The summed E-state index contributed by atoms with van der Waals surface area (Å²) in [5.74, 6) is 0.557. The Hall–Kier alpha value is -2.44. The van der Waals surface area contributed by atoms with Crippen molar-refractivity contribution in [3.63, 3.8) is 0 Å². The van der Waals surface area contributed by atoms with Gasteiger partial charge in [0, 0.05) is 45.8 Å². The maximum absolute atomic E-state index is 12.7. The number of ether oxygens (including phenoxy) is 1. The normalized spacial score (nSPS) is 21.6. The van der Waals surface area contributed by atoms with Gasteiger partial charge in [-0.15, -0.1) is 0 Å². The van der Waals surface area contributed by atoms with E-state index in [0.29, 0.717) is 19.6 Å². The maximum Gasteiger partial charge on any atom is 0.416 e. The molecule has 2 aromatic rings. The molecule has 8 nitrogen and oxygen atoms in total. The number of rotatable bonds is 6. The van der Waals surface area contributed by atoms with Crippen molar-refractivity contribution in [3.05, 3.63) is 47.8 Å². The van der Waals surface area contributed by atoms with E-state index >= 15 is 0 Å². The second-order valence-electron chi connectivity index (χ2n) is 7.75. The van der Waals surface area contributed by atoms with E-state index in [0.717, 1.165) is 28.3 Å². The molecule has 0 saturated carbocycles. The number of aromatic nitrogens is 2. The minimum atomic E-state index is -4.35. The molecule has 0 aliphatic carbocycles. The molecule has 0 bridgehead atoms. The van der Waals surface area contributed by atoms with Crippen LogP contribution in [0.15, 0.2) is 36.7 Å². The van der Waals surface area contributed by atoms with Crippen molar-refractivity contribution < 1.29 is 29.1 Å². The topological polar surface area (TPSA) is 78.9 Å². The fourth-order valence-corrected chi connectivity index (χ4v) is 4.18. The maximum atomic E-state index is 12.7. The lowest BCUT2D eigenvalue weighted by molar-refractivity contribution is -0.137. The smallest absolute Gasteiger partial charge is 0.416 e. The predicted octanol–water partition coefficient (Wildman–Crippen LogP) is 1.84. The number of sulfonamides is 1. The SMILES string of the molecule is [2H]C1([2H])CN(S(C)(=O)=O)CCN1c1cnc(OC2CN(Cc3ccc(C(F)(F)F)cc3)C2)cn1. The number of alkyl halides is 3. The minimum absolute atomic E-state index is 0.135. The second kappa shape index (κ2) is 8.83. The first-order valence-corrected chi connectivity index (χ1v) is 11.8. The Morgan fingerprint density at radius 2 is 1.84 bits per heavy atom. The fraction of sp³-hybridized carbons (Fsp3) is 0.500. The lowest BCUT2D eigenvalue weighted by Crippen LogP contribution is -2.53. The number of halogens is 3. The van der Waals surface area contributed by atoms with Crippen molar-refractivity contribution in [1.82, 2.24) is 19.2 Å². The quantitative estimate of drug-likeness (QED) is 0.634. The summed E-state index contributed by atoms with van der Waals surface area (Å²) < 4.78 is 84.7. The number of hydrogen-bond donors (Lipinski definition) is 0. The van der Waals surface area contributed by atoms with Gasteiger partial charge in [0.1, 0.15) is 11.9 Å². The van der Waals surface area contributed by atoms with Gasteiger partial charge >= 0.3 is 6.18 Å². The molecule has 0 N–H and O–H groups in total. The van der Waals surface area contributed by atoms with Gasteiger partial charge in [-0.25, -0.2) is 18.4 Å². The molecule has 3 heterocycles. The summed E-state index contributed by atoms with van der Waals surface area (Å²) in [5.41, 5.74) is 0.106. The Kier molecular flexibility index (Phi) is 5.57. The van der Waals surface area contributed by atoms with Crippen LogP contribution < -0.4 is 9.64 Å². The first kappa shape index (κ1) is 20.2. The van der Waals surface area contributed by atoms with Crippen molar-refractivity contribution in [2.75, 3.05) is 50.4 Å². The van der Waals surface area contributed by atoms with Crippen LogP contribution in [0.2, 0.25) is 0 Å². The first-order chi connectivity index (χ1) is 15.8. The number of piperazine rings is 1. The molecule has 2 aliphatic heterocycles. The van der Waals surface area contributed by atoms with E-state index in [-0.39, 0.29) is 37.4 Å². The third-order valence-corrected chi connectivity index (χ3v) is 6.52. The number of anilines is 1. The van der Waals surface area contributed by atoms with Crippen LogP contribution in [0.1, 0.15) is 13.9 Å². The highest BCUT2D eigenvalue weighted by molar-refractivity contribution is 7.88. The molecular formula is C20H24F3N5O3S. The Morgan fingerprint density at radius 1 is 1.12 bits per heavy atom. The fourth-order valence-electron chi connectivity index (χ4n) is 3.48. The summed E-state index contributed by atoms with van der Waals surface area (Å²) in [4.78, 5) is 11.8. The van der Waals surface area contributed by atoms with E-state index in [9.17, 15) is 21.6 Å². The molecule has 4 rings (SSSR count). The van der Waals surface area contributed by atoms with E-state index in [2.05, 4.69) is 9.97 Å². The zero-order chi connectivity index (χ0) is 24.7. The Morgan fingerprint density at radius 3 is 2.41 bits per heavy atom. The zero-order valence-electron chi connectivity index (χ0n) is 19.3. The Bertz CT molecular complexity index is 1110. The molecule has 12 heteroatoms. The molecule has 1 aromatic carbocycles. The Labute approximate surface area is 187 Å². The van der Waals surface area contributed by atoms with Crippen LogP contribution in [-0.4, -0.2) is 79.2 Å². The third kappa shape index (κ3) is 5.48. The molecular weight excluding hydrogens is 447 g/mol. The zero-order valence-corrected chi connectivity index (χ0v) is 18.1. The molecule has 0 radical (unpaired) electrons. The number of hydrogen-bond acceptors (Lipinski definition) is 7. The van der Waals surface area contributed by atoms with Gasteiger partial charge in [-0.05, 0) is 17.7 Å². The van der Waals surface area contributed by atoms with E-state index in [1.54, 1.807) is 0 Å². The van der Waals surface area contributed by atoms with Crippen molar-refractivity contribution in [3.8, 4) is 5.88 Å². The molecule has 0 spiro atoms. The van der Waals surface area contributed by atoms with E-state index in [4.69, 9.17) is 7.48 Å². The molecule has 2 saturated heterocycles. The molecule has 1 aromatic heterocycles. The van der Waals surface area contributed by atoms with Crippen LogP contribution in [0.3, 0.4) is 0 Å². The van der Waals surface area contributed by atoms with Gasteiger partial charge < -0.3 is 9.64 Å². The highest BCUT2D eigenvalue weighted by Gasteiger charge is 2.31. The van der Waals surface area contributed by atoms with Crippen LogP contribution >= 0.6 is 0 Å². The number of likely N-dealkylation sites (tertiary alicyclic amines) is 1. The lowest BCUT2D eigenvalue weighted by atomic mass is 10.1. The average Bonchev–Trinajstić information content (AvgIpc) is 2.71. The molecule has 0 amide bonds. The summed E-state index contributed by atoms with van der Waals surface area (Å²) in [6, 6.07) is 5.08. The summed E-state index contributed by atoms with van der Waals surface area (Å²) >= 11 is 0. The average molecular weight is 474 g/mol. The minimum Gasteiger partial charge on any atom is -0.471 e. The van der Waals surface area contributed by atoms with E-state index < -0.39 is 28.3 Å². The van der Waals surface area contributed by atoms with E-state index in [1.807, 2.05) is 4.90 Å². The molecule has 2 fully saturated rings. The standard InChI is InChI=1S/C20H24F3N5O3S/c1-32(29,30)28-8-6-27(7-9-28)18-10-25-19(11-24-18)31-17-13-26(14-17)12-15-2-4-16(5-3-15)20(21,22)23/h2-5,10-11,17H,6-9,12-14H2,1H3/i6D2. The van der Waals surface area contributed by atoms with Crippen molar-refractivity contribution >= 4 is 15.8 Å². The van der Waals surface area contributed by atoms with Gasteiger partial charge in [-0.2, -0.15) is 17.5 Å². The monoisotopic (exact) mass is 473 g/mol. The van der Waals surface area contributed by atoms with Crippen molar-refractivity contribution in [2.24, 2.45) is 0 Å². The van der Waals surface area contributed by atoms with Gasteiger partial charge in [0.15, 0.2) is 0 Å². The lowest BCUT2D eigenvalue weighted by Gasteiger charge is -2.38. The predicted molar refractivity (Wildman–Crippen MR) is 112 cm³/mol. The van der Waals surface area contributed by atoms with Crippen LogP contribution in [0.4, 0.5) is 19.0 Å². The highest BCUT2D eigenvalue weighted by Crippen LogP contribution is 2.29. The van der Waals surface area contributed by atoms with Crippen LogP contribution in [0.5, 0.6) is 5.88 Å². The van der Waals surface area contributed by atoms with Gasteiger partial charge in [0.25, 0.3) is 0 Å². The Balaban J connectivity index is 1.27. The number of benzene rings is 1. The summed E-state index contributed by atoms with van der Waals surface area (Å²) in [5, 5.41) is 0. The molecule has 32 heavy (non-hydrogen) atoms. The summed E-state index contributed by atoms with van der Waals surface area (Å²) in [6.45, 7) is -0.280. The van der Waals surface area contributed by atoms with Gasteiger partial charge in [0.05, 0.1) is 27.0 Å². The second-order valence-corrected chi connectivity index (χ2v) is 9.73. The third-order valence-electron chi connectivity index (χ3n) is 5.27. The molecule has 174 valence electrons. The molecule has 0 unspecified atom stereocenters. The van der Waals surface area contributed by atoms with Gasteiger partial charge in [-0.3, -0.25) is 4.90 Å². The van der Waals surface area contributed by atoms with Crippen molar-refractivity contribution in [1.29, 1.82) is 0 Å². The van der Waals surface area contributed by atoms with Crippen molar-refractivity contribution in [2.45, 2.75) is 18.8 Å². The van der Waals surface area contributed by atoms with Gasteiger partial charge in [-0.1, -0.05) is 12.1 Å². The highest BCUT2D eigenvalue weighted by atomic mass is 32.2. The molecule has 2 aliphatic rings. The van der Waals surface area contributed by atoms with Crippen LogP contribution in [0.25, 0.3) is 0 Å². The summed E-state index contributed by atoms with van der Waals surface area (Å²) in [6.07, 6.45) is -0.651. The molecule has 0 atom stereocenters. The van der Waals surface area contributed by atoms with Crippen LogP contribution in [-0.2, 0) is 22.7 Å². The van der Waals surface area contributed by atoms with E-state index in [1.165, 1.54) is 29.4 Å². The van der Waals surface area contributed by atoms with Gasteiger partial charge in [0.2, 0.25) is 15.9 Å².